The molecule has 0 bridgehead atoms. The topological polar surface area (TPSA) is 43.1 Å². The van der Waals surface area contributed by atoms with Crippen LogP contribution in [0.3, 0.4) is 0 Å². The smallest absolute Gasteiger partial charge is 0.188 e. The van der Waals surface area contributed by atoms with Crippen molar-refractivity contribution in [3.05, 3.63) is 47.8 Å². The zero-order valence-electron chi connectivity index (χ0n) is 12.4. The highest BCUT2D eigenvalue weighted by molar-refractivity contribution is 7.99. The van der Waals surface area contributed by atoms with Crippen LogP contribution in [-0.2, 0) is 6.18 Å². The summed E-state index contributed by atoms with van der Waals surface area (Å²) < 4.78 is 39.3. The predicted molar refractivity (Wildman–Crippen MR) is 80.4 cm³/mol. The van der Waals surface area contributed by atoms with Gasteiger partial charge in [0.2, 0.25) is 0 Å². The van der Waals surface area contributed by atoms with E-state index in [1.54, 1.807) is 6.07 Å². The van der Waals surface area contributed by atoms with E-state index >= 15 is 0 Å². The minimum Gasteiger partial charge on any atom is -0.188 e. The maximum Gasteiger partial charge on any atom is 0.453 e. The molecule has 0 aliphatic heterocycles. The third-order valence-corrected chi connectivity index (χ3v) is 4.20. The number of benzene rings is 1. The van der Waals surface area contributed by atoms with Crippen LogP contribution in [0.25, 0.3) is 5.65 Å². The van der Waals surface area contributed by atoms with Crippen molar-refractivity contribution < 1.29 is 13.2 Å². The Bertz CT molecular complexity index is 825. The van der Waals surface area contributed by atoms with E-state index in [1.165, 1.54) is 23.4 Å². The van der Waals surface area contributed by atoms with Gasteiger partial charge in [-0.1, -0.05) is 37.7 Å². The largest absolute Gasteiger partial charge is 0.453 e. The minimum atomic E-state index is -4.59. The third kappa shape index (κ3) is 3.31. The lowest BCUT2D eigenvalue weighted by Gasteiger charge is -2.07. The minimum absolute atomic E-state index is 0.0665. The average molecular weight is 338 g/mol. The number of fused-ring (bicyclic) bond motifs is 1. The Balaban J connectivity index is 1.91. The molecule has 4 nitrogen and oxygen atoms in total. The van der Waals surface area contributed by atoms with Crippen LogP contribution < -0.4 is 0 Å². The summed E-state index contributed by atoms with van der Waals surface area (Å²) in [7, 11) is 0. The third-order valence-electron chi connectivity index (χ3n) is 3.26. The van der Waals surface area contributed by atoms with Crippen LogP contribution in [0.5, 0.6) is 0 Å². The molecule has 3 aromatic rings. The van der Waals surface area contributed by atoms with E-state index in [9.17, 15) is 13.2 Å². The van der Waals surface area contributed by atoms with Crippen molar-refractivity contribution in [2.24, 2.45) is 0 Å². The van der Waals surface area contributed by atoms with Crippen molar-refractivity contribution in [3.8, 4) is 0 Å². The van der Waals surface area contributed by atoms with Gasteiger partial charge in [-0.2, -0.15) is 22.8 Å². The Labute approximate surface area is 134 Å². The Morgan fingerprint density at radius 2 is 1.70 bits per heavy atom. The second-order valence-corrected chi connectivity index (χ2v) is 6.38. The molecule has 0 aliphatic rings. The van der Waals surface area contributed by atoms with Crippen LogP contribution in [-0.4, -0.2) is 19.8 Å². The zero-order valence-corrected chi connectivity index (χ0v) is 13.2. The summed E-state index contributed by atoms with van der Waals surface area (Å²) in [4.78, 5) is 0.905. The first-order valence-electron chi connectivity index (χ1n) is 6.92. The number of halogens is 3. The molecule has 1 aromatic carbocycles. The fourth-order valence-electron chi connectivity index (χ4n) is 2.04. The number of nitrogens with zero attached hydrogens (tertiary/aromatic N) is 4. The molecule has 3 rings (SSSR count). The zero-order chi connectivity index (χ0) is 16.6. The SMILES string of the molecule is CC(C)c1ccc(Sc2ccc3nnc(C(F)(F)F)n3n2)cc1. The summed E-state index contributed by atoms with van der Waals surface area (Å²) in [5.41, 5.74) is 1.27. The molecule has 0 unspecified atom stereocenters. The van der Waals surface area contributed by atoms with Gasteiger partial charge in [-0.25, -0.2) is 0 Å². The molecule has 8 heteroatoms. The molecule has 0 spiro atoms. The van der Waals surface area contributed by atoms with Crippen LogP contribution in [0.2, 0.25) is 0 Å². The van der Waals surface area contributed by atoms with Gasteiger partial charge in [0.1, 0.15) is 5.03 Å². The standard InChI is InChI=1S/C15H13F3N4S/c1-9(2)10-3-5-11(6-4-10)23-13-8-7-12-19-20-14(15(16,17)18)22(12)21-13/h3-9H,1-2H3. The van der Waals surface area contributed by atoms with Gasteiger partial charge in [0.15, 0.2) is 5.65 Å². The molecule has 0 fully saturated rings. The van der Waals surface area contributed by atoms with Crippen molar-refractivity contribution in [1.82, 2.24) is 19.8 Å². The van der Waals surface area contributed by atoms with Gasteiger partial charge in [-0.3, -0.25) is 0 Å². The predicted octanol–water partition coefficient (Wildman–Crippen LogP) is 4.42. The molecule has 0 aliphatic carbocycles. The van der Waals surface area contributed by atoms with Gasteiger partial charge in [0.05, 0.1) is 0 Å². The molecular formula is C15H13F3N4S. The second-order valence-electron chi connectivity index (χ2n) is 5.29. The van der Waals surface area contributed by atoms with E-state index in [0.717, 1.165) is 9.41 Å². The summed E-state index contributed by atoms with van der Waals surface area (Å²) in [6.07, 6.45) is -4.59. The van der Waals surface area contributed by atoms with E-state index in [4.69, 9.17) is 0 Å². The average Bonchev–Trinajstić information content (AvgIpc) is 2.91. The van der Waals surface area contributed by atoms with Gasteiger partial charge in [-0.15, -0.1) is 10.2 Å². The lowest BCUT2D eigenvalue weighted by Crippen LogP contribution is -2.12. The molecule has 0 amide bonds. The van der Waals surface area contributed by atoms with Gasteiger partial charge in [-0.05, 0) is 35.7 Å². The highest BCUT2D eigenvalue weighted by Gasteiger charge is 2.37. The highest BCUT2D eigenvalue weighted by atomic mass is 32.2. The monoisotopic (exact) mass is 338 g/mol. The summed E-state index contributed by atoms with van der Waals surface area (Å²) in [5.74, 6) is -0.694. The molecule has 0 atom stereocenters. The maximum absolute atomic E-state index is 12.9. The molecule has 0 saturated carbocycles. The molecule has 23 heavy (non-hydrogen) atoms. The summed E-state index contributed by atoms with van der Waals surface area (Å²) in [5, 5.41) is 11.1. The van der Waals surface area contributed by atoms with Crippen molar-refractivity contribution in [2.75, 3.05) is 0 Å². The molecule has 0 N–H and O–H groups in total. The van der Waals surface area contributed by atoms with Crippen molar-refractivity contribution in [3.63, 3.8) is 0 Å². The number of hydrogen-bond donors (Lipinski definition) is 0. The lowest BCUT2D eigenvalue weighted by molar-refractivity contribution is -0.146. The highest BCUT2D eigenvalue weighted by Crippen LogP contribution is 2.30. The van der Waals surface area contributed by atoms with Crippen molar-refractivity contribution >= 4 is 17.4 Å². The Morgan fingerprint density at radius 3 is 2.30 bits per heavy atom. The van der Waals surface area contributed by atoms with Crippen LogP contribution in [0.15, 0.2) is 46.3 Å². The Kier molecular flexibility index (Phi) is 4.01. The Morgan fingerprint density at radius 1 is 1.00 bits per heavy atom. The number of hydrogen-bond acceptors (Lipinski definition) is 4. The fraction of sp³-hybridized carbons (Fsp3) is 0.267. The van der Waals surface area contributed by atoms with E-state index in [2.05, 4.69) is 29.1 Å². The molecule has 2 aromatic heterocycles. The van der Waals surface area contributed by atoms with Crippen LogP contribution in [0.4, 0.5) is 13.2 Å². The molecule has 2 heterocycles. The van der Waals surface area contributed by atoms with E-state index in [0.29, 0.717) is 10.9 Å². The fourth-order valence-corrected chi connectivity index (χ4v) is 2.82. The quantitative estimate of drug-likeness (QED) is 0.709. The van der Waals surface area contributed by atoms with Crippen molar-refractivity contribution in [2.45, 2.75) is 35.9 Å². The van der Waals surface area contributed by atoms with Gasteiger partial charge >= 0.3 is 6.18 Å². The second kappa shape index (κ2) is 5.84. The van der Waals surface area contributed by atoms with E-state index < -0.39 is 12.0 Å². The Hall–Kier alpha value is -2.09. The first-order valence-corrected chi connectivity index (χ1v) is 7.74. The normalized spacial score (nSPS) is 12.3. The lowest BCUT2D eigenvalue weighted by atomic mass is 10.0. The summed E-state index contributed by atoms with van der Waals surface area (Å²) in [6, 6.07) is 11.0. The van der Waals surface area contributed by atoms with E-state index in [1.807, 2.05) is 24.3 Å². The van der Waals surface area contributed by atoms with Gasteiger partial charge in [0.25, 0.3) is 5.82 Å². The maximum atomic E-state index is 12.9. The molecule has 0 saturated heterocycles. The summed E-state index contributed by atoms with van der Waals surface area (Å²) >= 11 is 1.29. The van der Waals surface area contributed by atoms with Crippen LogP contribution >= 0.6 is 11.8 Å². The van der Waals surface area contributed by atoms with Gasteiger partial charge < -0.3 is 0 Å². The number of aromatic nitrogens is 4. The summed E-state index contributed by atoms with van der Waals surface area (Å²) in [6.45, 7) is 4.20. The number of alkyl halides is 3. The van der Waals surface area contributed by atoms with E-state index in [-0.39, 0.29) is 5.65 Å². The van der Waals surface area contributed by atoms with Crippen LogP contribution in [0, 0.1) is 0 Å². The van der Waals surface area contributed by atoms with Crippen molar-refractivity contribution in [1.29, 1.82) is 0 Å². The molecule has 0 radical (unpaired) electrons. The number of rotatable bonds is 3. The first-order chi connectivity index (χ1) is 10.8. The molecule has 120 valence electrons. The van der Waals surface area contributed by atoms with Gasteiger partial charge in [0, 0.05) is 4.90 Å². The first kappa shape index (κ1) is 15.8. The van der Waals surface area contributed by atoms with Crippen LogP contribution in [0.1, 0.15) is 31.2 Å². The molecular weight excluding hydrogens is 325 g/mol.